The number of esters is 1. The molecule has 0 fully saturated rings. The lowest BCUT2D eigenvalue weighted by Gasteiger charge is -2.26. The quantitative estimate of drug-likeness (QED) is 0.781. The van der Waals surface area contributed by atoms with Crippen molar-refractivity contribution < 1.29 is 14.3 Å². The summed E-state index contributed by atoms with van der Waals surface area (Å²) in [6.07, 6.45) is 0.205. The van der Waals surface area contributed by atoms with E-state index in [0.717, 1.165) is 4.47 Å². The third-order valence-corrected chi connectivity index (χ3v) is 3.29. The summed E-state index contributed by atoms with van der Waals surface area (Å²) in [5.41, 5.74) is 0.613. The van der Waals surface area contributed by atoms with Gasteiger partial charge >= 0.3 is 5.97 Å². The number of hydrogen-bond acceptors (Lipinski definition) is 3. The van der Waals surface area contributed by atoms with Crippen LogP contribution in [0.5, 0.6) is 0 Å². The van der Waals surface area contributed by atoms with E-state index >= 15 is 0 Å². The number of ether oxygens (including phenoxy) is 1. The predicted octanol–water partition coefficient (Wildman–Crippen LogP) is 2.86. The second-order valence-corrected chi connectivity index (χ2v) is 5.34. The Morgan fingerprint density at radius 3 is 2.32 bits per heavy atom. The smallest absolute Gasteiger partial charge is 0.307 e. The average Bonchev–Trinajstić information content (AvgIpc) is 2.38. The highest BCUT2D eigenvalue weighted by molar-refractivity contribution is 9.10. The zero-order valence-corrected chi connectivity index (χ0v) is 12.9. The molecule has 0 atom stereocenters. The highest BCUT2D eigenvalue weighted by atomic mass is 79.9. The summed E-state index contributed by atoms with van der Waals surface area (Å²) in [6.45, 7) is 4.21. The molecule has 0 bridgehead atoms. The Morgan fingerprint density at radius 2 is 1.84 bits per heavy atom. The van der Waals surface area contributed by atoms with Crippen LogP contribution in [0.1, 0.15) is 30.6 Å². The third kappa shape index (κ3) is 4.67. The molecule has 0 unspecified atom stereocenters. The molecular weight excluding hydrogens is 310 g/mol. The molecule has 0 saturated carbocycles. The van der Waals surface area contributed by atoms with Gasteiger partial charge in [0.15, 0.2) is 0 Å². The van der Waals surface area contributed by atoms with Crippen LogP contribution in [0.3, 0.4) is 0 Å². The summed E-state index contributed by atoms with van der Waals surface area (Å²) >= 11 is 3.33. The van der Waals surface area contributed by atoms with Gasteiger partial charge in [0.25, 0.3) is 5.91 Å². The van der Waals surface area contributed by atoms with Gasteiger partial charge in [-0.25, -0.2) is 0 Å². The number of methoxy groups -OCH3 is 1. The van der Waals surface area contributed by atoms with Crippen molar-refractivity contribution in [2.45, 2.75) is 26.3 Å². The fourth-order valence-corrected chi connectivity index (χ4v) is 1.93. The maximum absolute atomic E-state index is 12.4. The van der Waals surface area contributed by atoms with Crippen LogP contribution in [0.2, 0.25) is 0 Å². The summed E-state index contributed by atoms with van der Waals surface area (Å²) in [5.74, 6) is -0.388. The Kier molecular flexibility index (Phi) is 6.02. The molecule has 0 aromatic heterocycles. The summed E-state index contributed by atoms with van der Waals surface area (Å²) < 4.78 is 5.52. The Morgan fingerprint density at radius 1 is 1.26 bits per heavy atom. The van der Waals surface area contributed by atoms with Gasteiger partial charge < -0.3 is 9.64 Å². The van der Waals surface area contributed by atoms with E-state index in [1.807, 2.05) is 26.0 Å². The van der Waals surface area contributed by atoms with Crippen molar-refractivity contribution in [3.63, 3.8) is 0 Å². The zero-order valence-electron chi connectivity index (χ0n) is 11.4. The first-order valence-electron chi connectivity index (χ1n) is 6.09. The maximum atomic E-state index is 12.4. The second kappa shape index (κ2) is 7.28. The lowest BCUT2D eigenvalue weighted by molar-refractivity contribution is -0.140. The van der Waals surface area contributed by atoms with Crippen LogP contribution < -0.4 is 0 Å². The highest BCUT2D eigenvalue weighted by Crippen LogP contribution is 2.14. The van der Waals surface area contributed by atoms with Gasteiger partial charge in [0.2, 0.25) is 0 Å². The van der Waals surface area contributed by atoms with Crippen molar-refractivity contribution in [1.29, 1.82) is 0 Å². The molecule has 0 radical (unpaired) electrons. The Hall–Kier alpha value is -1.36. The number of halogens is 1. The lowest BCUT2D eigenvalue weighted by atomic mass is 10.1. The van der Waals surface area contributed by atoms with Crippen LogP contribution in [0.15, 0.2) is 28.7 Å². The van der Waals surface area contributed by atoms with Crippen LogP contribution in [0.4, 0.5) is 0 Å². The number of rotatable bonds is 5. The van der Waals surface area contributed by atoms with Crippen LogP contribution in [-0.2, 0) is 9.53 Å². The van der Waals surface area contributed by atoms with Crippen molar-refractivity contribution in [2.24, 2.45) is 0 Å². The molecule has 1 amide bonds. The molecule has 0 aliphatic heterocycles. The van der Waals surface area contributed by atoms with Crippen LogP contribution in [0, 0.1) is 0 Å². The van der Waals surface area contributed by atoms with E-state index in [9.17, 15) is 9.59 Å². The topological polar surface area (TPSA) is 46.6 Å². The monoisotopic (exact) mass is 327 g/mol. The Bertz CT molecular complexity index is 443. The first kappa shape index (κ1) is 15.7. The van der Waals surface area contributed by atoms with Gasteiger partial charge in [-0.1, -0.05) is 15.9 Å². The minimum absolute atomic E-state index is 0.0285. The van der Waals surface area contributed by atoms with Crippen molar-refractivity contribution in [2.75, 3.05) is 13.7 Å². The molecule has 1 aromatic rings. The molecule has 0 N–H and O–H groups in total. The van der Waals surface area contributed by atoms with Gasteiger partial charge in [-0.3, -0.25) is 9.59 Å². The van der Waals surface area contributed by atoms with E-state index < -0.39 is 0 Å². The van der Waals surface area contributed by atoms with E-state index in [4.69, 9.17) is 0 Å². The van der Waals surface area contributed by atoms with E-state index in [2.05, 4.69) is 20.7 Å². The molecular formula is C14H18BrNO3. The molecule has 0 heterocycles. The molecule has 0 aliphatic rings. The minimum atomic E-state index is -0.311. The normalized spacial score (nSPS) is 10.4. The number of hydrogen-bond donors (Lipinski definition) is 0. The largest absolute Gasteiger partial charge is 0.469 e. The van der Waals surface area contributed by atoms with Gasteiger partial charge in [-0.15, -0.1) is 0 Å². The second-order valence-electron chi connectivity index (χ2n) is 4.43. The molecule has 1 aromatic carbocycles. The third-order valence-electron chi connectivity index (χ3n) is 2.76. The number of benzene rings is 1. The number of amides is 1. The summed E-state index contributed by atoms with van der Waals surface area (Å²) in [7, 11) is 1.35. The summed E-state index contributed by atoms with van der Waals surface area (Å²) in [5, 5.41) is 0. The number of nitrogens with zero attached hydrogens (tertiary/aromatic N) is 1. The minimum Gasteiger partial charge on any atom is -0.469 e. The number of carbonyl (C=O) groups is 2. The van der Waals surface area contributed by atoms with E-state index in [1.54, 1.807) is 17.0 Å². The van der Waals surface area contributed by atoms with Gasteiger partial charge in [0, 0.05) is 22.6 Å². The van der Waals surface area contributed by atoms with Gasteiger partial charge in [-0.2, -0.15) is 0 Å². The van der Waals surface area contributed by atoms with Crippen molar-refractivity contribution in [3.8, 4) is 0 Å². The summed E-state index contributed by atoms with van der Waals surface area (Å²) in [6, 6.07) is 7.21. The van der Waals surface area contributed by atoms with Crippen molar-refractivity contribution in [1.82, 2.24) is 4.90 Å². The molecule has 0 saturated heterocycles. The fraction of sp³-hybridized carbons (Fsp3) is 0.429. The van der Waals surface area contributed by atoms with Crippen molar-refractivity contribution in [3.05, 3.63) is 34.3 Å². The van der Waals surface area contributed by atoms with Crippen LogP contribution in [0.25, 0.3) is 0 Å². The number of carbonyl (C=O) groups excluding carboxylic acids is 2. The molecule has 104 valence electrons. The van der Waals surface area contributed by atoms with E-state index in [0.29, 0.717) is 12.1 Å². The van der Waals surface area contributed by atoms with Crippen LogP contribution in [-0.4, -0.2) is 36.5 Å². The molecule has 1 rings (SSSR count). The molecule has 5 heteroatoms. The SMILES string of the molecule is COC(=O)CCN(C(=O)c1ccc(Br)cc1)C(C)C. The summed E-state index contributed by atoms with van der Waals surface area (Å²) in [4.78, 5) is 25.2. The standard InChI is InChI=1S/C14H18BrNO3/c1-10(2)16(9-8-13(17)19-3)14(18)11-4-6-12(15)7-5-11/h4-7,10H,8-9H2,1-3H3. The van der Waals surface area contributed by atoms with E-state index in [-0.39, 0.29) is 24.3 Å². The van der Waals surface area contributed by atoms with Crippen molar-refractivity contribution >= 4 is 27.8 Å². The molecule has 0 aliphatic carbocycles. The zero-order chi connectivity index (χ0) is 14.4. The van der Waals surface area contributed by atoms with Crippen LogP contribution >= 0.6 is 15.9 Å². The first-order chi connectivity index (χ1) is 8.95. The fourth-order valence-electron chi connectivity index (χ4n) is 1.67. The lowest BCUT2D eigenvalue weighted by Crippen LogP contribution is -2.38. The first-order valence-corrected chi connectivity index (χ1v) is 6.88. The Balaban J connectivity index is 2.78. The average molecular weight is 328 g/mol. The predicted molar refractivity (Wildman–Crippen MR) is 76.9 cm³/mol. The van der Waals surface area contributed by atoms with E-state index in [1.165, 1.54) is 7.11 Å². The maximum Gasteiger partial charge on any atom is 0.307 e. The molecule has 0 spiro atoms. The van der Waals surface area contributed by atoms with Gasteiger partial charge in [0.1, 0.15) is 0 Å². The Labute approximate surface area is 121 Å². The molecule has 19 heavy (non-hydrogen) atoms. The van der Waals surface area contributed by atoms with Gasteiger partial charge in [0.05, 0.1) is 13.5 Å². The van der Waals surface area contributed by atoms with Gasteiger partial charge in [-0.05, 0) is 38.1 Å². The highest BCUT2D eigenvalue weighted by Gasteiger charge is 2.19. The molecule has 4 nitrogen and oxygen atoms in total.